The quantitative estimate of drug-likeness (QED) is 0.765. The number of benzene rings is 2. The number of carbonyl (C=O) groups excluding carboxylic acids is 1. The zero-order valence-corrected chi connectivity index (χ0v) is 13.3. The number of rotatable bonds is 6. The van der Waals surface area contributed by atoms with E-state index in [1.165, 1.54) is 0 Å². The maximum absolute atomic E-state index is 12.0. The molecular weight excluding hydrogens is 298 g/mol. The number of hydrogen-bond acceptors (Lipinski definition) is 2. The number of unbranched alkanes of at least 4 members (excludes halogenated alkanes) is 1. The number of alkyl carbamates (subject to hydrolysis) is 1. The van der Waals surface area contributed by atoms with E-state index in [1.54, 1.807) is 0 Å². The van der Waals surface area contributed by atoms with Crippen LogP contribution >= 0.6 is 11.6 Å². The Balaban J connectivity index is 2.15. The minimum Gasteiger partial charge on any atom is -0.450 e. The van der Waals surface area contributed by atoms with Crippen molar-refractivity contribution in [2.75, 3.05) is 6.61 Å². The summed E-state index contributed by atoms with van der Waals surface area (Å²) in [6.45, 7) is 2.49. The molecule has 0 heterocycles. The molecule has 4 heteroatoms. The van der Waals surface area contributed by atoms with Crippen molar-refractivity contribution < 1.29 is 9.53 Å². The van der Waals surface area contributed by atoms with E-state index in [4.69, 9.17) is 16.3 Å². The van der Waals surface area contributed by atoms with Gasteiger partial charge in [-0.05, 0) is 29.7 Å². The van der Waals surface area contributed by atoms with Gasteiger partial charge in [0.05, 0.1) is 12.6 Å². The fourth-order valence-corrected chi connectivity index (χ4v) is 2.25. The van der Waals surface area contributed by atoms with E-state index >= 15 is 0 Å². The fraction of sp³-hybridized carbons (Fsp3) is 0.278. The second-order valence-corrected chi connectivity index (χ2v) is 5.47. The summed E-state index contributed by atoms with van der Waals surface area (Å²) in [5.74, 6) is 0. The van der Waals surface area contributed by atoms with Crippen LogP contribution in [0.25, 0.3) is 0 Å². The normalized spacial score (nSPS) is 11.7. The second kappa shape index (κ2) is 8.44. The van der Waals surface area contributed by atoms with E-state index in [0.29, 0.717) is 11.6 Å². The lowest BCUT2D eigenvalue weighted by atomic mass is 9.99. The Morgan fingerprint density at radius 2 is 1.73 bits per heavy atom. The van der Waals surface area contributed by atoms with Crippen molar-refractivity contribution in [1.29, 1.82) is 0 Å². The highest BCUT2D eigenvalue weighted by Crippen LogP contribution is 2.23. The lowest BCUT2D eigenvalue weighted by Gasteiger charge is -2.19. The first-order chi connectivity index (χ1) is 10.7. The molecule has 2 rings (SSSR count). The summed E-state index contributed by atoms with van der Waals surface area (Å²) in [6, 6.07) is 17.0. The Hall–Kier alpha value is -2.00. The molecule has 0 aromatic heterocycles. The van der Waals surface area contributed by atoms with Gasteiger partial charge in [0, 0.05) is 5.02 Å². The number of nitrogens with one attached hydrogen (secondary N) is 1. The van der Waals surface area contributed by atoms with Crippen molar-refractivity contribution in [3.05, 3.63) is 70.7 Å². The van der Waals surface area contributed by atoms with E-state index in [1.807, 2.05) is 54.6 Å². The van der Waals surface area contributed by atoms with Gasteiger partial charge < -0.3 is 10.1 Å². The zero-order chi connectivity index (χ0) is 15.8. The Bertz CT molecular complexity index is 584. The number of amides is 1. The van der Waals surface area contributed by atoms with Gasteiger partial charge in [-0.15, -0.1) is 0 Å². The van der Waals surface area contributed by atoms with Crippen molar-refractivity contribution in [2.24, 2.45) is 0 Å². The number of hydrogen-bond donors (Lipinski definition) is 1. The molecule has 2 aromatic carbocycles. The molecule has 3 nitrogen and oxygen atoms in total. The van der Waals surface area contributed by atoms with E-state index < -0.39 is 6.09 Å². The number of ether oxygens (including phenoxy) is 1. The van der Waals surface area contributed by atoms with Crippen molar-refractivity contribution in [2.45, 2.75) is 25.8 Å². The fourth-order valence-electron chi connectivity index (χ4n) is 2.13. The molecule has 0 fully saturated rings. The Morgan fingerprint density at radius 3 is 2.36 bits per heavy atom. The van der Waals surface area contributed by atoms with E-state index in [9.17, 15) is 4.79 Å². The molecular formula is C18H20ClNO2. The minimum absolute atomic E-state index is 0.257. The highest BCUT2D eigenvalue weighted by molar-refractivity contribution is 6.30. The predicted molar refractivity (Wildman–Crippen MR) is 89.1 cm³/mol. The molecule has 116 valence electrons. The highest BCUT2D eigenvalue weighted by Gasteiger charge is 2.17. The Kier molecular flexibility index (Phi) is 6.28. The van der Waals surface area contributed by atoms with Crippen molar-refractivity contribution in [3.63, 3.8) is 0 Å². The van der Waals surface area contributed by atoms with Gasteiger partial charge in [-0.3, -0.25) is 0 Å². The predicted octanol–water partition coefficient (Wildman–Crippen LogP) is 4.96. The maximum Gasteiger partial charge on any atom is 0.407 e. The average Bonchev–Trinajstić information content (AvgIpc) is 2.55. The summed E-state index contributed by atoms with van der Waals surface area (Å²) in [7, 11) is 0. The van der Waals surface area contributed by atoms with Gasteiger partial charge in [0.2, 0.25) is 0 Å². The summed E-state index contributed by atoms with van der Waals surface area (Å²) >= 11 is 5.94. The van der Waals surface area contributed by atoms with Crippen LogP contribution in [0, 0.1) is 0 Å². The van der Waals surface area contributed by atoms with Gasteiger partial charge >= 0.3 is 6.09 Å². The average molecular weight is 318 g/mol. The lowest BCUT2D eigenvalue weighted by molar-refractivity contribution is 0.142. The molecule has 0 aliphatic carbocycles. The van der Waals surface area contributed by atoms with Crippen LogP contribution in [0.2, 0.25) is 5.02 Å². The number of carbonyl (C=O) groups is 1. The van der Waals surface area contributed by atoms with Crippen LogP contribution in [0.5, 0.6) is 0 Å². The monoisotopic (exact) mass is 317 g/mol. The smallest absolute Gasteiger partial charge is 0.407 e. The van der Waals surface area contributed by atoms with E-state index in [2.05, 4.69) is 12.2 Å². The van der Waals surface area contributed by atoms with Gasteiger partial charge in [0.15, 0.2) is 0 Å². The van der Waals surface area contributed by atoms with Crippen LogP contribution in [0.15, 0.2) is 54.6 Å². The minimum atomic E-state index is -0.405. The molecule has 0 spiro atoms. The molecule has 1 atom stereocenters. The lowest BCUT2D eigenvalue weighted by Crippen LogP contribution is -2.30. The Labute approximate surface area is 136 Å². The molecule has 2 aromatic rings. The van der Waals surface area contributed by atoms with Crippen molar-refractivity contribution in [3.8, 4) is 0 Å². The van der Waals surface area contributed by atoms with Crippen LogP contribution in [0.1, 0.15) is 36.9 Å². The summed E-state index contributed by atoms with van der Waals surface area (Å²) in [5, 5.41) is 3.59. The summed E-state index contributed by atoms with van der Waals surface area (Å²) in [5.41, 5.74) is 1.96. The standard InChI is InChI=1S/C18H20ClNO2/c1-2-3-13-22-18(21)20-17(14-7-5-4-6-8-14)15-9-11-16(19)12-10-15/h4-12,17H,2-3,13H2,1H3,(H,20,21). The van der Waals surface area contributed by atoms with Crippen molar-refractivity contribution >= 4 is 17.7 Å². The molecule has 0 aliphatic heterocycles. The first-order valence-electron chi connectivity index (χ1n) is 7.44. The van der Waals surface area contributed by atoms with E-state index in [-0.39, 0.29) is 6.04 Å². The molecule has 1 N–H and O–H groups in total. The van der Waals surface area contributed by atoms with Crippen molar-refractivity contribution in [1.82, 2.24) is 5.32 Å². The SMILES string of the molecule is CCCCOC(=O)NC(c1ccccc1)c1ccc(Cl)cc1. The molecule has 1 amide bonds. The molecule has 0 saturated carbocycles. The first-order valence-corrected chi connectivity index (χ1v) is 7.82. The molecule has 0 bridgehead atoms. The number of halogens is 1. The molecule has 0 aliphatic rings. The van der Waals surface area contributed by atoms with Gasteiger partial charge in [-0.2, -0.15) is 0 Å². The summed E-state index contributed by atoms with van der Waals surface area (Å²) < 4.78 is 5.20. The maximum atomic E-state index is 12.0. The van der Waals surface area contributed by atoms with Crippen LogP contribution < -0.4 is 5.32 Å². The molecule has 0 saturated heterocycles. The third kappa shape index (κ3) is 4.78. The highest BCUT2D eigenvalue weighted by atomic mass is 35.5. The van der Waals surface area contributed by atoms with Crippen LogP contribution in [0.3, 0.4) is 0 Å². The van der Waals surface area contributed by atoms with Crippen LogP contribution in [0.4, 0.5) is 4.79 Å². The van der Waals surface area contributed by atoms with E-state index in [0.717, 1.165) is 24.0 Å². The summed E-state index contributed by atoms with van der Waals surface area (Å²) in [4.78, 5) is 12.0. The zero-order valence-electron chi connectivity index (χ0n) is 12.6. The van der Waals surface area contributed by atoms with Crippen LogP contribution in [-0.4, -0.2) is 12.7 Å². The second-order valence-electron chi connectivity index (χ2n) is 5.03. The molecule has 22 heavy (non-hydrogen) atoms. The van der Waals surface area contributed by atoms with Gasteiger partial charge in [-0.25, -0.2) is 4.79 Å². The first kappa shape index (κ1) is 16.4. The molecule has 1 unspecified atom stereocenters. The third-order valence-electron chi connectivity index (χ3n) is 3.33. The third-order valence-corrected chi connectivity index (χ3v) is 3.58. The van der Waals surface area contributed by atoms with Gasteiger partial charge in [-0.1, -0.05) is 67.4 Å². The van der Waals surface area contributed by atoms with Gasteiger partial charge in [0.1, 0.15) is 0 Å². The molecule has 0 radical (unpaired) electrons. The van der Waals surface area contributed by atoms with Gasteiger partial charge in [0.25, 0.3) is 0 Å². The summed E-state index contributed by atoms with van der Waals surface area (Å²) in [6.07, 6.45) is 1.45. The van der Waals surface area contributed by atoms with Crippen LogP contribution in [-0.2, 0) is 4.74 Å². The largest absolute Gasteiger partial charge is 0.450 e. The Morgan fingerprint density at radius 1 is 1.09 bits per heavy atom. The topological polar surface area (TPSA) is 38.3 Å².